The number of likely N-dealkylation sites (tertiary alicyclic amines) is 1. The lowest BCUT2D eigenvalue weighted by Crippen LogP contribution is -2.56. The van der Waals surface area contributed by atoms with Gasteiger partial charge in [-0.05, 0) is 39.7 Å². The molecule has 1 aliphatic rings. The molecule has 0 spiro atoms. The van der Waals surface area contributed by atoms with Crippen LogP contribution in [0.3, 0.4) is 0 Å². The molecule has 0 saturated carbocycles. The molecular weight excluding hydrogens is 222 g/mol. The second-order valence-electron chi connectivity index (χ2n) is 6.47. The van der Waals surface area contributed by atoms with Crippen LogP contribution in [0.2, 0.25) is 0 Å². The minimum Gasteiger partial charge on any atom is -0.392 e. The first kappa shape index (κ1) is 13.6. The Morgan fingerprint density at radius 1 is 1.17 bits per heavy atom. The molecule has 1 saturated heterocycles. The van der Waals surface area contributed by atoms with Crippen molar-refractivity contribution >= 4 is 0 Å². The van der Waals surface area contributed by atoms with Crippen LogP contribution in [0, 0.1) is 0 Å². The zero-order chi connectivity index (χ0) is 13.3. The zero-order valence-electron chi connectivity index (χ0n) is 11.9. The molecular formula is C16H25NO. The molecule has 2 nitrogen and oxygen atoms in total. The van der Waals surface area contributed by atoms with Crippen LogP contribution in [0.1, 0.15) is 45.6 Å². The highest BCUT2D eigenvalue weighted by atomic mass is 16.3. The van der Waals surface area contributed by atoms with E-state index in [9.17, 15) is 5.11 Å². The lowest BCUT2D eigenvalue weighted by molar-refractivity contribution is -0.0222. The molecule has 100 valence electrons. The highest BCUT2D eigenvalue weighted by Crippen LogP contribution is 2.35. The third kappa shape index (κ3) is 2.76. The summed E-state index contributed by atoms with van der Waals surface area (Å²) >= 11 is 0. The normalized spacial score (nSPS) is 30.4. The Bertz CT molecular complexity index is 382. The highest BCUT2D eigenvalue weighted by molar-refractivity contribution is 5.22. The summed E-state index contributed by atoms with van der Waals surface area (Å²) in [5, 5.41) is 10.2. The number of benzene rings is 1. The van der Waals surface area contributed by atoms with Gasteiger partial charge in [0.15, 0.2) is 0 Å². The largest absolute Gasteiger partial charge is 0.392 e. The quantitative estimate of drug-likeness (QED) is 0.824. The first-order chi connectivity index (χ1) is 8.39. The molecule has 1 aromatic carbocycles. The molecule has 0 radical (unpaired) electrons. The van der Waals surface area contributed by atoms with E-state index >= 15 is 0 Å². The summed E-state index contributed by atoms with van der Waals surface area (Å²) in [4.78, 5) is 2.43. The number of β-amino-alcohol motifs (C(OH)–C–C–N with tert-alkyl or cyclic N) is 1. The zero-order valence-corrected chi connectivity index (χ0v) is 11.9. The van der Waals surface area contributed by atoms with E-state index < -0.39 is 0 Å². The molecule has 0 unspecified atom stereocenters. The van der Waals surface area contributed by atoms with Crippen LogP contribution >= 0.6 is 0 Å². The minimum absolute atomic E-state index is 0.105. The van der Waals surface area contributed by atoms with E-state index in [-0.39, 0.29) is 11.6 Å². The maximum absolute atomic E-state index is 10.2. The van der Waals surface area contributed by atoms with E-state index in [1.54, 1.807) is 0 Å². The van der Waals surface area contributed by atoms with E-state index in [2.05, 4.69) is 62.9 Å². The van der Waals surface area contributed by atoms with E-state index in [1.807, 2.05) is 0 Å². The smallest absolute Gasteiger partial charge is 0.0673 e. The van der Waals surface area contributed by atoms with Crippen LogP contribution in [-0.4, -0.2) is 34.2 Å². The number of hydrogen-bond donors (Lipinski definition) is 1. The fraction of sp³-hybridized carbons (Fsp3) is 0.625. The van der Waals surface area contributed by atoms with Crippen LogP contribution in [-0.2, 0) is 0 Å². The molecule has 18 heavy (non-hydrogen) atoms. The fourth-order valence-corrected chi connectivity index (χ4v) is 3.17. The van der Waals surface area contributed by atoms with Crippen LogP contribution in [0.5, 0.6) is 0 Å². The van der Waals surface area contributed by atoms with Crippen molar-refractivity contribution in [3.05, 3.63) is 35.9 Å². The lowest BCUT2D eigenvalue weighted by Gasteiger charge is -2.48. The first-order valence-corrected chi connectivity index (χ1v) is 6.89. The summed E-state index contributed by atoms with van der Waals surface area (Å²) in [5.41, 5.74) is 1.45. The van der Waals surface area contributed by atoms with Crippen molar-refractivity contribution in [2.45, 2.75) is 57.7 Å². The number of piperidine rings is 1. The van der Waals surface area contributed by atoms with Crippen LogP contribution in [0.4, 0.5) is 0 Å². The molecule has 3 atom stereocenters. The van der Waals surface area contributed by atoms with E-state index in [1.165, 1.54) is 5.56 Å². The van der Waals surface area contributed by atoms with Gasteiger partial charge in [0.1, 0.15) is 0 Å². The second kappa shape index (κ2) is 5.02. The summed E-state index contributed by atoms with van der Waals surface area (Å²) in [6, 6.07) is 11.1. The topological polar surface area (TPSA) is 23.5 Å². The predicted octanol–water partition coefficient (Wildman–Crippen LogP) is 3.02. The van der Waals surface area contributed by atoms with E-state index in [0.717, 1.165) is 13.0 Å². The van der Waals surface area contributed by atoms with Crippen molar-refractivity contribution in [1.29, 1.82) is 0 Å². The van der Waals surface area contributed by atoms with Crippen molar-refractivity contribution in [1.82, 2.24) is 4.90 Å². The molecule has 0 amide bonds. The van der Waals surface area contributed by atoms with Crippen molar-refractivity contribution in [3.63, 3.8) is 0 Å². The number of hydrogen-bond acceptors (Lipinski definition) is 2. The molecule has 0 bridgehead atoms. The van der Waals surface area contributed by atoms with Gasteiger partial charge in [-0.15, -0.1) is 0 Å². The Balaban J connectivity index is 2.26. The molecule has 1 fully saturated rings. The van der Waals surface area contributed by atoms with Gasteiger partial charge in [0, 0.05) is 24.0 Å². The molecule has 2 heteroatoms. The van der Waals surface area contributed by atoms with Gasteiger partial charge in [0.25, 0.3) is 0 Å². The summed E-state index contributed by atoms with van der Waals surface area (Å²) in [6.45, 7) is 9.75. The molecule has 1 N–H and O–H groups in total. The van der Waals surface area contributed by atoms with Gasteiger partial charge in [-0.1, -0.05) is 30.3 Å². The Kier molecular flexibility index (Phi) is 3.79. The maximum atomic E-state index is 10.2. The highest BCUT2D eigenvalue weighted by Gasteiger charge is 2.38. The average molecular weight is 247 g/mol. The summed E-state index contributed by atoms with van der Waals surface area (Å²) < 4.78 is 0. The SMILES string of the molecule is C[C@@H]1[C@H](c2ccccc2)C[C@H](O)CN1C(C)(C)C. The lowest BCUT2D eigenvalue weighted by atomic mass is 9.81. The van der Waals surface area contributed by atoms with E-state index in [4.69, 9.17) is 0 Å². The van der Waals surface area contributed by atoms with Crippen molar-refractivity contribution in [3.8, 4) is 0 Å². The van der Waals surface area contributed by atoms with E-state index in [0.29, 0.717) is 12.0 Å². The van der Waals surface area contributed by atoms with Gasteiger partial charge in [0.05, 0.1) is 6.10 Å². The monoisotopic (exact) mass is 247 g/mol. The van der Waals surface area contributed by atoms with Gasteiger partial charge in [-0.25, -0.2) is 0 Å². The van der Waals surface area contributed by atoms with Gasteiger partial charge in [-0.3, -0.25) is 4.90 Å². The summed E-state index contributed by atoms with van der Waals surface area (Å²) in [7, 11) is 0. The van der Waals surface area contributed by atoms with Gasteiger partial charge < -0.3 is 5.11 Å². The third-order valence-electron chi connectivity index (χ3n) is 4.10. The average Bonchev–Trinajstić information content (AvgIpc) is 2.31. The summed E-state index contributed by atoms with van der Waals surface area (Å²) in [6.07, 6.45) is 0.656. The van der Waals surface area contributed by atoms with Gasteiger partial charge in [0.2, 0.25) is 0 Å². The van der Waals surface area contributed by atoms with Crippen molar-refractivity contribution < 1.29 is 5.11 Å². The number of rotatable bonds is 1. The van der Waals surface area contributed by atoms with Crippen LogP contribution in [0.25, 0.3) is 0 Å². The summed E-state index contributed by atoms with van der Waals surface area (Å²) in [5.74, 6) is 0.425. The Labute approximate surface area is 111 Å². The van der Waals surface area contributed by atoms with Crippen LogP contribution in [0.15, 0.2) is 30.3 Å². The maximum Gasteiger partial charge on any atom is 0.0673 e. The number of aliphatic hydroxyl groups is 1. The molecule has 0 aromatic heterocycles. The molecule has 1 heterocycles. The van der Waals surface area contributed by atoms with Gasteiger partial charge >= 0.3 is 0 Å². The first-order valence-electron chi connectivity index (χ1n) is 6.89. The Morgan fingerprint density at radius 3 is 2.33 bits per heavy atom. The van der Waals surface area contributed by atoms with Crippen molar-refractivity contribution in [2.24, 2.45) is 0 Å². The molecule has 2 rings (SSSR count). The van der Waals surface area contributed by atoms with Gasteiger partial charge in [-0.2, -0.15) is 0 Å². The predicted molar refractivity (Wildman–Crippen MR) is 75.7 cm³/mol. The number of aliphatic hydroxyl groups excluding tert-OH is 1. The molecule has 1 aliphatic heterocycles. The standard InChI is InChI=1S/C16H25NO/c1-12-15(13-8-6-5-7-9-13)10-14(18)11-17(12)16(2,3)4/h5-9,12,14-15,18H,10-11H2,1-4H3/t12-,14+,15-/m1/s1. The Morgan fingerprint density at radius 2 is 1.78 bits per heavy atom. The fourth-order valence-electron chi connectivity index (χ4n) is 3.17. The Hall–Kier alpha value is -0.860. The second-order valence-corrected chi connectivity index (χ2v) is 6.47. The minimum atomic E-state index is -0.217. The van der Waals surface area contributed by atoms with Crippen molar-refractivity contribution in [2.75, 3.05) is 6.54 Å². The third-order valence-corrected chi connectivity index (χ3v) is 4.10. The number of nitrogens with zero attached hydrogens (tertiary/aromatic N) is 1. The molecule has 0 aliphatic carbocycles. The molecule has 1 aromatic rings. The van der Waals surface area contributed by atoms with Crippen LogP contribution < -0.4 is 0 Å².